The van der Waals surface area contributed by atoms with Gasteiger partial charge in [0, 0.05) is 18.7 Å². The number of nitrogens with one attached hydrogen (secondary N) is 1. The largest absolute Gasteiger partial charge is 0.392 e. The summed E-state index contributed by atoms with van der Waals surface area (Å²) in [5, 5.41) is 9.03. The molecule has 7 heteroatoms. The maximum atomic E-state index is 13.6. The van der Waals surface area contributed by atoms with E-state index in [1.54, 1.807) is 6.92 Å². The first-order valence-corrected chi connectivity index (χ1v) is 7.81. The third-order valence-corrected chi connectivity index (χ3v) is 4.39. The fourth-order valence-corrected chi connectivity index (χ4v) is 3.14. The van der Waals surface area contributed by atoms with Gasteiger partial charge in [-0.05, 0) is 38.5 Å². The molecule has 0 bridgehead atoms. The van der Waals surface area contributed by atoms with Gasteiger partial charge in [0.1, 0.15) is 5.82 Å². The molecule has 0 aliphatic rings. The number of hydrogen-bond donors (Lipinski definition) is 2. The third kappa shape index (κ3) is 4.24. The average Bonchev–Trinajstić information content (AvgIpc) is 2.39. The van der Waals surface area contributed by atoms with Gasteiger partial charge in [0.15, 0.2) is 0 Å². The Balaban J connectivity index is 3.00. The van der Waals surface area contributed by atoms with Gasteiger partial charge in [0.25, 0.3) is 0 Å². The second-order valence-corrected chi connectivity index (χ2v) is 6.21. The van der Waals surface area contributed by atoms with E-state index in [1.165, 1.54) is 13.0 Å². The Morgan fingerprint density at radius 1 is 1.45 bits per heavy atom. The van der Waals surface area contributed by atoms with Crippen LogP contribution in [0.15, 0.2) is 17.0 Å². The Morgan fingerprint density at radius 3 is 2.65 bits per heavy atom. The van der Waals surface area contributed by atoms with Crippen LogP contribution < -0.4 is 4.72 Å². The third-order valence-electron chi connectivity index (χ3n) is 2.84. The summed E-state index contributed by atoms with van der Waals surface area (Å²) in [5.41, 5.74) is 0.241. The van der Waals surface area contributed by atoms with Crippen molar-refractivity contribution in [2.75, 3.05) is 13.2 Å². The fraction of sp³-hybridized carbons (Fsp3) is 0.538. The van der Waals surface area contributed by atoms with E-state index in [2.05, 4.69) is 4.72 Å². The van der Waals surface area contributed by atoms with Gasteiger partial charge in [0.05, 0.1) is 17.6 Å². The van der Waals surface area contributed by atoms with E-state index < -0.39 is 22.4 Å². The molecule has 114 valence electrons. The summed E-state index contributed by atoms with van der Waals surface area (Å²) in [6.45, 7) is 5.10. The predicted molar refractivity (Wildman–Crippen MR) is 73.3 cm³/mol. The molecule has 1 atom stereocenters. The lowest BCUT2D eigenvalue weighted by Gasteiger charge is -2.15. The van der Waals surface area contributed by atoms with E-state index in [1.807, 2.05) is 6.92 Å². The van der Waals surface area contributed by atoms with Crippen LogP contribution >= 0.6 is 0 Å². The van der Waals surface area contributed by atoms with Crippen LogP contribution in [0.25, 0.3) is 0 Å². The van der Waals surface area contributed by atoms with E-state index in [0.29, 0.717) is 6.61 Å². The van der Waals surface area contributed by atoms with Crippen LogP contribution in [0, 0.1) is 12.7 Å². The van der Waals surface area contributed by atoms with Gasteiger partial charge in [0.2, 0.25) is 10.0 Å². The zero-order valence-electron chi connectivity index (χ0n) is 11.8. The van der Waals surface area contributed by atoms with Crippen molar-refractivity contribution in [3.05, 3.63) is 29.1 Å². The van der Waals surface area contributed by atoms with Crippen LogP contribution in [0.4, 0.5) is 4.39 Å². The molecule has 1 unspecified atom stereocenters. The molecule has 1 aromatic rings. The molecule has 20 heavy (non-hydrogen) atoms. The van der Waals surface area contributed by atoms with Gasteiger partial charge in [-0.1, -0.05) is 0 Å². The van der Waals surface area contributed by atoms with Crippen molar-refractivity contribution >= 4 is 10.0 Å². The van der Waals surface area contributed by atoms with Crippen molar-refractivity contribution in [1.29, 1.82) is 0 Å². The van der Waals surface area contributed by atoms with Crippen molar-refractivity contribution in [1.82, 2.24) is 4.72 Å². The number of ether oxygens (including phenoxy) is 1. The Morgan fingerprint density at radius 2 is 2.10 bits per heavy atom. The van der Waals surface area contributed by atoms with Gasteiger partial charge in [-0.25, -0.2) is 17.5 Å². The zero-order chi connectivity index (χ0) is 15.3. The Bertz CT molecular complexity index is 560. The van der Waals surface area contributed by atoms with Crippen molar-refractivity contribution in [2.45, 2.75) is 38.4 Å². The van der Waals surface area contributed by atoms with Gasteiger partial charge >= 0.3 is 0 Å². The highest BCUT2D eigenvalue weighted by atomic mass is 32.2. The van der Waals surface area contributed by atoms with Crippen LogP contribution in [-0.4, -0.2) is 32.8 Å². The zero-order valence-corrected chi connectivity index (χ0v) is 12.6. The SMILES string of the molecule is CCOC(C)CNS(=O)(=O)c1cc(CO)cc(F)c1C. The molecule has 1 rings (SSSR count). The summed E-state index contributed by atoms with van der Waals surface area (Å²) in [6, 6.07) is 2.39. The number of sulfonamides is 1. The molecule has 0 heterocycles. The number of hydrogen-bond acceptors (Lipinski definition) is 4. The Hall–Kier alpha value is -1.02. The highest BCUT2D eigenvalue weighted by Crippen LogP contribution is 2.20. The molecule has 0 saturated heterocycles. The minimum atomic E-state index is -3.84. The monoisotopic (exact) mass is 305 g/mol. The smallest absolute Gasteiger partial charge is 0.241 e. The maximum Gasteiger partial charge on any atom is 0.241 e. The second-order valence-electron chi connectivity index (χ2n) is 4.48. The fourth-order valence-electron chi connectivity index (χ4n) is 1.73. The Labute approximate surface area is 118 Å². The second kappa shape index (κ2) is 7.12. The van der Waals surface area contributed by atoms with Crippen LogP contribution in [-0.2, 0) is 21.4 Å². The summed E-state index contributed by atoms with van der Waals surface area (Å²) in [4.78, 5) is -0.162. The number of aliphatic hydroxyl groups excluding tert-OH is 1. The number of rotatable bonds is 7. The van der Waals surface area contributed by atoms with E-state index in [4.69, 9.17) is 9.84 Å². The molecule has 0 saturated carbocycles. The number of aliphatic hydroxyl groups is 1. The van der Waals surface area contributed by atoms with E-state index >= 15 is 0 Å². The van der Waals surface area contributed by atoms with Crippen LogP contribution in [0.3, 0.4) is 0 Å². The maximum absolute atomic E-state index is 13.6. The molecule has 0 aliphatic heterocycles. The van der Waals surface area contributed by atoms with Gasteiger partial charge in [-0.15, -0.1) is 0 Å². The topological polar surface area (TPSA) is 75.6 Å². The molecular weight excluding hydrogens is 285 g/mol. The van der Waals surface area contributed by atoms with Crippen molar-refractivity contribution in [2.24, 2.45) is 0 Å². The van der Waals surface area contributed by atoms with Crippen LogP contribution in [0.5, 0.6) is 0 Å². The summed E-state index contributed by atoms with van der Waals surface area (Å²) < 4.78 is 45.6. The molecule has 0 amide bonds. The summed E-state index contributed by atoms with van der Waals surface area (Å²) >= 11 is 0. The molecule has 0 fully saturated rings. The van der Waals surface area contributed by atoms with E-state index in [0.717, 1.165) is 6.07 Å². The molecule has 1 aromatic carbocycles. The summed E-state index contributed by atoms with van der Waals surface area (Å²) in [7, 11) is -3.84. The van der Waals surface area contributed by atoms with Gasteiger partial charge < -0.3 is 9.84 Å². The van der Waals surface area contributed by atoms with Crippen molar-refractivity contribution < 1.29 is 22.7 Å². The molecule has 0 spiro atoms. The molecule has 0 aliphatic carbocycles. The molecule has 0 aromatic heterocycles. The quantitative estimate of drug-likeness (QED) is 0.797. The predicted octanol–water partition coefficient (Wildman–Crippen LogP) is 1.33. The van der Waals surface area contributed by atoms with Gasteiger partial charge in [-0.3, -0.25) is 0 Å². The average molecular weight is 305 g/mol. The van der Waals surface area contributed by atoms with Crippen LogP contribution in [0.2, 0.25) is 0 Å². The number of halogens is 1. The minimum Gasteiger partial charge on any atom is -0.392 e. The van der Waals surface area contributed by atoms with E-state index in [9.17, 15) is 12.8 Å². The Kier molecular flexibility index (Phi) is 6.07. The lowest BCUT2D eigenvalue weighted by molar-refractivity contribution is 0.0799. The highest BCUT2D eigenvalue weighted by molar-refractivity contribution is 7.89. The first-order chi connectivity index (χ1) is 9.31. The summed E-state index contributed by atoms with van der Waals surface area (Å²) in [5.74, 6) is -0.658. The van der Waals surface area contributed by atoms with Crippen LogP contribution in [0.1, 0.15) is 25.0 Å². The van der Waals surface area contributed by atoms with Crippen molar-refractivity contribution in [3.63, 3.8) is 0 Å². The summed E-state index contributed by atoms with van der Waals surface area (Å²) in [6.07, 6.45) is -0.277. The normalized spacial score (nSPS) is 13.4. The molecular formula is C13H20FNO4S. The highest BCUT2D eigenvalue weighted by Gasteiger charge is 2.20. The van der Waals surface area contributed by atoms with E-state index in [-0.39, 0.29) is 28.7 Å². The van der Waals surface area contributed by atoms with Gasteiger partial charge in [-0.2, -0.15) is 0 Å². The van der Waals surface area contributed by atoms with Crippen molar-refractivity contribution in [3.8, 4) is 0 Å². The molecule has 2 N–H and O–H groups in total. The molecule has 0 radical (unpaired) electrons. The molecule has 5 nitrogen and oxygen atoms in total. The first kappa shape index (κ1) is 17.0. The minimum absolute atomic E-state index is 0.0266. The standard InChI is InChI=1S/C13H20FNO4S/c1-4-19-9(2)7-15-20(17,18)13-6-11(8-16)5-12(14)10(13)3/h5-6,9,15-16H,4,7-8H2,1-3H3. The lowest BCUT2D eigenvalue weighted by atomic mass is 10.1. The lowest BCUT2D eigenvalue weighted by Crippen LogP contribution is -2.32. The number of benzene rings is 1. The first-order valence-electron chi connectivity index (χ1n) is 6.33.